The first-order valence-electron chi connectivity index (χ1n) is 6.48. The van der Waals surface area contributed by atoms with Gasteiger partial charge in [0.2, 0.25) is 0 Å². The minimum absolute atomic E-state index is 0.247. The van der Waals surface area contributed by atoms with E-state index in [1.807, 2.05) is 0 Å². The molecule has 0 aromatic rings. The van der Waals surface area contributed by atoms with Crippen molar-refractivity contribution in [1.82, 2.24) is 4.90 Å². The van der Waals surface area contributed by atoms with E-state index < -0.39 is 12.3 Å². The van der Waals surface area contributed by atoms with Crippen molar-refractivity contribution in [3.05, 3.63) is 0 Å². The highest BCUT2D eigenvalue weighted by atomic mass is 19.2. The fraction of sp³-hybridized carbons (Fsp3) is 1.00. The van der Waals surface area contributed by atoms with Crippen molar-refractivity contribution in [2.24, 2.45) is 11.3 Å². The Hall–Kier alpha value is -0.180. The summed E-state index contributed by atoms with van der Waals surface area (Å²) in [5, 5.41) is 0. The van der Waals surface area contributed by atoms with Crippen LogP contribution in [0.15, 0.2) is 0 Å². The Morgan fingerprint density at radius 1 is 1.06 bits per heavy atom. The predicted molar refractivity (Wildman–Crippen MR) is 62.0 cm³/mol. The number of hydrogen-bond donors (Lipinski definition) is 0. The normalized spacial score (nSPS) is 40.9. The van der Waals surface area contributed by atoms with Gasteiger partial charge in [-0.15, -0.1) is 0 Å². The molecule has 3 atom stereocenters. The zero-order valence-corrected chi connectivity index (χ0v) is 10.4. The average molecular weight is 231 g/mol. The summed E-state index contributed by atoms with van der Waals surface area (Å²) >= 11 is 0. The van der Waals surface area contributed by atoms with Gasteiger partial charge in [-0.25, -0.2) is 8.78 Å². The predicted octanol–water partition coefficient (Wildman–Crippen LogP) is 3.19. The van der Waals surface area contributed by atoms with E-state index in [0.29, 0.717) is 18.8 Å². The molecule has 0 N–H and O–H groups in total. The van der Waals surface area contributed by atoms with Crippen molar-refractivity contribution in [2.45, 2.75) is 51.4 Å². The lowest BCUT2D eigenvalue weighted by atomic mass is 9.64. The molecule has 2 aliphatic rings. The van der Waals surface area contributed by atoms with Gasteiger partial charge >= 0.3 is 0 Å². The summed E-state index contributed by atoms with van der Waals surface area (Å²) < 4.78 is 26.6. The summed E-state index contributed by atoms with van der Waals surface area (Å²) in [4.78, 5) is 2.33. The van der Waals surface area contributed by atoms with Crippen LogP contribution in [0.3, 0.4) is 0 Å². The zero-order chi connectivity index (χ0) is 11.8. The average Bonchev–Trinajstić information content (AvgIpc) is 2.26. The molecule has 0 radical (unpaired) electrons. The van der Waals surface area contributed by atoms with Gasteiger partial charge in [0, 0.05) is 0 Å². The van der Waals surface area contributed by atoms with Gasteiger partial charge in [0.05, 0.1) is 0 Å². The molecule has 1 saturated carbocycles. The van der Waals surface area contributed by atoms with Crippen LogP contribution < -0.4 is 0 Å². The minimum Gasteiger partial charge on any atom is -0.306 e. The summed E-state index contributed by atoms with van der Waals surface area (Å²) in [5.74, 6) is 0.392. The van der Waals surface area contributed by atoms with Crippen molar-refractivity contribution in [1.29, 1.82) is 0 Å². The molecule has 1 saturated heterocycles. The van der Waals surface area contributed by atoms with Crippen LogP contribution in [0.1, 0.15) is 39.0 Å². The number of nitrogens with zero attached hydrogens (tertiary/aromatic N) is 1. The first-order valence-corrected chi connectivity index (χ1v) is 6.48. The second kappa shape index (κ2) is 4.59. The first kappa shape index (κ1) is 12.3. The lowest BCUT2D eigenvalue weighted by Gasteiger charge is -2.46. The Labute approximate surface area is 97.2 Å². The summed E-state index contributed by atoms with van der Waals surface area (Å²) in [7, 11) is 2.13. The molecular formula is C13H23F2N. The Balaban J connectivity index is 1.96. The van der Waals surface area contributed by atoms with E-state index in [9.17, 15) is 8.78 Å². The maximum absolute atomic E-state index is 13.4. The molecule has 3 heteroatoms. The van der Waals surface area contributed by atoms with Crippen LogP contribution in [0, 0.1) is 11.3 Å². The van der Waals surface area contributed by atoms with Crippen LogP contribution in [0.2, 0.25) is 0 Å². The van der Waals surface area contributed by atoms with Gasteiger partial charge in [0.1, 0.15) is 12.3 Å². The van der Waals surface area contributed by atoms with E-state index in [1.54, 1.807) is 0 Å². The second-order valence-corrected chi connectivity index (χ2v) is 6.00. The van der Waals surface area contributed by atoms with E-state index in [1.165, 1.54) is 0 Å². The molecule has 0 aromatic heterocycles. The number of alkyl halides is 2. The molecule has 1 nitrogen and oxygen atoms in total. The summed E-state index contributed by atoms with van der Waals surface area (Å²) in [6.45, 7) is 4.47. The molecule has 3 unspecified atom stereocenters. The fourth-order valence-corrected chi connectivity index (χ4v) is 3.25. The maximum atomic E-state index is 13.4. The molecule has 1 aliphatic carbocycles. The third-order valence-electron chi connectivity index (χ3n) is 4.81. The van der Waals surface area contributed by atoms with Crippen LogP contribution in [0.25, 0.3) is 0 Å². The Morgan fingerprint density at radius 3 is 2.25 bits per heavy atom. The van der Waals surface area contributed by atoms with Gasteiger partial charge in [-0.05, 0) is 63.6 Å². The van der Waals surface area contributed by atoms with Gasteiger partial charge in [0.15, 0.2) is 0 Å². The summed E-state index contributed by atoms with van der Waals surface area (Å²) in [6, 6.07) is 0. The number of piperidine rings is 1. The van der Waals surface area contributed by atoms with E-state index in [4.69, 9.17) is 0 Å². The molecule has 0 spiro atoms. The van der Waals surface area contributed by atoms with Crippen molar-refractivity contribution in [3.63, 3.8) is 0 Å². The summed E-state index contributed by atoms with van der Waals surface area (Å²) in [6.07, 6.45) is 1.61. The Morgan fingerprint density at radius 2 is 1.69 bits per heavy atom. The molecule has 0 bridgehead atoms. The Bertz CT molecular complexity index is 236. The van der Waals surface area contributed by atoms with Crippen LogP contribution >= 0.6 is 0 Å². The monoisotopic (exact) mass is 231 g/mol. The lowest BCUT2D eigenvalue weighted by molar-refractivity contribution is 0.00349. The SMILES string of the molecule is CN1CCC(C)(C2CCC(F)C(F)C2)CC1. The standard InChI is InChI=1S/C13H23F2N/c1-13(5-7-16(2)8-6-13)10-3-4-11(14)12(15)9-10/h10-12H,3-9H2,1-2H3. The minimum atomic E-state index is -1.21. The highest BCUT2D eigenvalue weighted by Gasteiger charge is 2.41. The van der Waals surface area contributed by atoms with Gasteiger partial charge in [-0.2, -0.15) is 0 Å². The molecule has 16 heavy (non-hydrogen) atoms. The van der Waals surface area contributed by atoms with E-state index in [2.05, 4.69) is 18.9 Å². The first-order chi connectivity index (χ1) is 7.51. The molecule has 94 valence electrons. The molecule has 0 aromatic carbocycles. The molecule has 1 aliphatic heterocycles. The molecule has 1 heterocycles. The van der Waals surface area contributed by atoms with Gasteiger partial charge in [-0.1, -0.05) is 6.92 Å². The highest BCUT2D eigenvalue weighted by molar-refractivity contribution is 4.92. The largest absolute Gasteiger partial charge is 0.306 e. The maximum Gasteiger partial charge on any atom is 0.131 e. The number of rotatable bonds is 1. The smallest absolute Gasteiger partial charge is 0.131 e. The third-order valence-corrected chi connectivity index (χ3v) is 4.81. The molecule has 2 rings (SSSR count). The van der Waals surface area contributed by atoms with Gasteiger partial charge in [-0.3, -0.25) is 0 Å². The van der Waals surface area contributed by atoms with Crippen LogP contribution in [0.5, 0.6) is 0 Å². The van der Waals surface area contributed by atoms with Crippen molar-refractivity contribution in [2.75, 3.05) is 20.1 Å². The van der Waals surface area contributed by atoms with E-state index in [0.717, 1.165) is 32.4 Å². The topological polar surface area (TPSA) is 3.24 Å². The Kier molecular flexibility index (Phi) is 3.53. The van der Waals surface area contributed by atoms with E-state index >= 15 is 0 Å². The highest BCUT2D eigenvalue weighted by Crippen LogP contribution is 2.46. The molecular weight excluding hydrogens is 208 g/mol. The summed E-state index contributed by atoms with van der Waals surface area (Å²) in [5.41, 5.74) is 0.247. The second-order valence-electron chi connectivity index (χ2n) is 6.00. The van der Waals surface area contributed by atoms with Crippen LogP contribution in [-0.4, -0.2) is 37.4 Å². The number of likely N-dealkylation sites (tertiary alicyclic amines) is 1. The van der Waals surface area contributed by atoms with Crippen molar-refractivity contribution < 1.29 is 8.78 Å². The lowest BCUT2D eigenvalue weighted by Crippen LogP contribution is -2.43. The fourth-order valence-electron chi connectivity index (χ4n) is 3.25. The number of halogens is 2. The van der Waals surface area contributed by atoms with Crippen molar-refractivity contribution in [3.8, 4) is 0 Å². The molecule has 0 amide bonds. The van der Waals surface area contributed by atoms with E-state index in [-0.39, 0.29) is 5.41 Å². The van der Waals surface area contributed by atoms with Crippen molar-refractivity contribution >= 4 is 0 Å². The van der Waals surface area contributed by atoms with Crippen LogP contribution in [-0.2, 0) is 0 Å². The third kappa shape index (κ3) is 2.39. The van der Waals surface area contributed by atoms with Gasteiger partial charge in [0.25, 0.3) is 0 Å². The van der Waals surface area contributed by atoms with Crippen LogP contribution in [0.4, 0.5) is 8.78 Å². The van der Waals surface area contributed by atoms with Gasteiger partial charge < -0.3 is 4.90 Å². The quantitative estimate of drug-likeness (QED) is 0.670. The number of hydrogen-bond acceptors (Lipinski definition) is 1. The molecule has 2 fully saturated rings. The zero-order valence-electron chi connectivity index (χ0n) is 10.4.